The number of hydrogen-bond donors (Lipinski definition) is 0. The summed E-state index contributed by atoms with van der Waals surface area (Å²) in [5.74, 6) is 1.07. The Morgan fingerprint density at radius 3 is 1.95 bits per heavy atom. The summed E-state index contributed by atoms with van der Waals surface area (Å²) in [4.78, 5) is 14.1. The van der Waals surface area contributed by atoms with Gasteiger partial charge in [0.2, 0.25) is 0 Å². The van der Waals surface area contributed by atoms with Crippen molar-refractivity contribution in [3.63, 3.8) is 0 Å². The van der Waals surface area contributed by atoms with Crippen molar-refractivity contribution in [1.29, 1.82) is 0 Å². The summed E-state index contributed by atoms with van der Waals surface area (Å²) in [5.41, 5.74) is 2.76. The summed E-state index contributed by atoms with van der Waals surface area (Å²) >= 11 is -2.67. The number of esters is 1. The fraction of sp³-hybridized carbons (Fsp3) is 0.667. The monoisotopic (exact) mass is 682 g/mol. The SMILES string of the molecule is CCC[CH2][Sn]([CH2]CCC)([CH2]CCC)[CH](CCc1ccccc1)CC(=O)OC1CC(C)CCC1C(C)(C)c1ccccc1. The summed E-state index contributed by atoms with van der Waals surface area (Å²) in [6.07, 6.45) is 14.1. The topological polar surface area (TPSA) is 26.3 Å². The van der Waals surface area contributed by atoms with Crippen molar-refractivity contribution in [3.05, 3.63) is 71.8 Å². The molecule has 4 atom stereocenters. The molecule has 0 bridgehead atoms. The van der Waals surface area contributed by atoms with E-state index in [1.54, 1.807) is 0 Å². The van der Waals surface area contributed by atoms with Crippen LogP contribution in [0.1, 0.15) is 123 Å². The number of carbonyl (C=O) groups excluding carboxylic acids is 1. The summed E-state index contributed by atoms with van der Waals surface area (Å²) in [7, 11) is 0. The van der Waals surface area contributed by atoms with Crippen LogP contribution in [0.4, 0.5) is 0 Å². The Hall–Kier alpha value is -1.29. The molecule has 0 heterocycles. The van der Waals surface area contributed by atoms with Crippen molar-refractivity contribution >= 4 is 24.3 Å². The van der Waals surface area contributed by atoms with Crippen LogP contribution in [-0.2, 0) is 21.4 Å². The Bertz CT molecular complexity index is 995. The van der Waals surface area contributed by atoms with Crippen LogP contribution in [-0.4, -0.2) is 30.5 Å². The quantitative estimate of drug-likeness (QED) is 0.116. The minimum atomic E-state index is -2.67. The summed E-state index contributed by atoms with van der Waals surface area (Å²) in [6, 6.07) is 21.9. The van der Waals surface area contributed by atoms with Crippen molar-refractivity contribution in [2.45, 2.75) is 147 Å². The van der Waals surface area contributed by atoms with Gasteiger partial charge in [-0.25, -0.2) is 0 Å². The molecular weight excluding hydrogens is 619 g/mol. The van der Waals surface area contributed by atoms with E-state index in [-0.39, 0.29) is 17.5 Å². The van der Waals surface area contributed by atoms with Gasteiger partial charge < -0.3 is 0 Å². The van der Waals surface area contributed by atoms with E-state index in [2.05, 4.69) is 102 Å². The number of hydrogen-bond acceptors (Lipinski definition) is 2. The molecule has 3 rings (SSSR count). The second-order valence-corrected chi connectivity index (χ2v) is 28.6. The molecule has 42 heavy (non-hydrogen) atoms. The molecule has 0 amide bonds. The molecule has 0 spiro atoms. The van der Waals surface area contributed by atoms with Gasteiger partial charge in [0.25, 0.3) is 0 Å². The molecule has 1 saturated carbocycles. The Labute approximate surface area is 263 Å². The Balaban J connectivity index is 1.87. The van der Waals surface area contributed by atoms with Gasteiger partial charge in [-0.3, -0.25) is 0 Å². The number of unbranched alkanes of at least 4 members (excludes halogenated alkanes) is 3. The Morgan fingerprint density at radius 1 is 0.857 bits per heavy atom. The second kappa shape index (κ2) is 17.9. The molecule has 1 aliphatic rings. The third kappa shape index (κ3) is 10.1. The molecule has 0 aromatic heterocycles. The maximum atomic E-state index is 14.1. The zero-order chi connectivity index (χ0) is 30.4. The van der Waals surface area contributed by atoms with Gasteiger partial charge in [-0.15, -0.1) is 0 Å². The second-order valence-electron chi connectivity index (χ2n) is 14.2. The van der Waals surface area contributed by atoms with Crippen molar-refractivity contribution in [2.75, 3.05) is 0 Å². The number of rotatable bonds is 18. The molecule has 0 aliphatic heterocycles. The number of aryl methyl sites for hydroxylation is 1. The predicted molar refractivity (Wildman–Crippen MR) is 184 cm³/mol. The average molecular weight is 682 g/mol. The number of benzene rings is 2. The van der Waals surface area contributed by atoms with E-state index in [1.807, 2.05) is 0 Å². The first-order chi connectivity index (χ1) is 20.3. The number of carbonyl (C=O) groups is 1. The van der Waals surface area contributed by atoms with Crippen LogP contribution < -0.4 is 0 Å². The van der Waals surface area contributed by atoms with Crippen LogP contribution in [0.3, 0.4) is 0 Å². The first-order valence-corrected chi connectivity index (χ1v) is 25.2. The zero-order valence-corrected chi connectivity index (χ0v) is 30.9. The van der Waals surface area contributed by atoms with Gasteiger partial charge in [0.1, 0.15) is 0 Å². The summed E-state index contributed by atoms with van der Waals surface area (Å²) in [5, 5.41) is 0. The van der Waals surface area contributed by atoms with Gasteiger partial charge in [-0.05, 0) is 0 Å². The van der Waals surface area contributed by atoms with Gasteiger partial charge in [-0.1, -0.05) is 0 Å². The van der Waals surface area contributed by atoms with Crippen LogP contribution in [0.25, 0.3) is 0 Å². The molecule has 2 aromatic rings. The molecule has 0 radical (unpaired) electrons. The van der Waals surface area contributed by atoms with E-state index >= 15 is 0 Å². The van der Waals surface area contributed by atoms with Gasteiger partial charge in [0.15, 0.2) is 0 Å². The van der Waals surface area contributed by atoms with E-state index in [0.717, 1.165) is 25.7 Å². The predicted octanol–water partition coefficient (Wildman–Crippen LogP) is 11.6. The molecule has 2 nitrogen and oxygen atoms in total. The molecular formula is C39H62O2Sn. The molecule has 4 unspecified atom stereocenters. The standard InChI is InChI=1S/C27H35O2.3C4H9.Sn/c1-21-18-19-24(27(2,3)23-15-8-5-9-16-23)25(20-21)29-26(28)17-11-10-14-22-12-6-4-7-13-22;3*1-3-4-2;/h4-9,11-13,15-16,21,24-25H,10,14,17-20H2,1-3H3;3*1,3-4H2,2H3;. The third-order valence-electron chi connectivity index (χ3n) is 10.8. The molecule has 0 saturated heterocycles. The van der Waals surface area contributed by atoms with Gasteiger partial charge in [0, 0.05) is 0 Å². The molecule has 0 N–H and O–H groups in total. The normalized spacial score (nSPS) is 20.3. The van der Waals surface area contributed by atoms with E-state index in [4.69, 9.17) is 4.74 Å². The summed E-state index contributed by atoms with van der Waals surface area (Å²) in [6.45, 7) is 14.1. The fourth-order valence-electron chi connectivity index (χ4n) is 7.97. The van der Waals surface area contributed by atoms with E-state index in [0.29, 0.717) is 22.2 Å². The van der Waals surface area contributed by atoms with Crippen LogP contribution in [0.5, 0.6) is 0 Å². The number of ether oxygens (including phenoxy) is 1. The van der Waals surface area contributed by atoms with E-state index < -0.39 is 18.4 Å². The molecule has 3 heteroatoms. The molecule has 1 fully saturated rings. The first kappa shape index (κ1) is 35.2. The average Bonchev–Trinajstić information content (AvgIpc) is 3.00. The van der Waals surface area contributed by atoms with E-state index in [9.17, 15) is 4.79 Å². The Kier molecular flexibility index (Phi) is 15.0. The van der Waals surface area contributed by atoms with Crippen molar-refractivity contribution < 1.29 is 9.53 Å². The molecule has 2 aromatic carbocycles. The zero-order valence-electron chi connectivity index (χ0n) is 28.0. The van der Waals surface area contributed by atoms with Gasteiger partial charge in [-0.2, -0.15) is 0 Å². The maximum absolute atomic E-state index is 14.1. The third-order valence-corrected chi connectivity index (χ3v) is 28.7. The van der Waals surface area contributed by atoms with E-state index in [1.165, 1.54) is 69.4 Å². The fourth-order valence-corrected chi connectivity index (χ4v) is 26.5. The van der Waals surface area contributed by atoms with Crippen LogP contribution in [0, 0.1) is 11.8 Å². The van der Waals surface area contributed by atoms with Crippen LogP contribution >= 0.6 is 0 Å². The van der Waals surface area contributed by atoms with Crippen molar-refractivity contribution in [1.82, 2.24) is 0 Å². The Morgan fingerprint density at radius 2 is 1.40 bits per heavy atom. The molecule has 234 valence electrons. The van der Waals surface area contributed by atoms with Crippen molar-refractivity contribution in [2.24, 2.45) is 11.8 Å². The molecule has 1 aliphatic carbocycles. The minimum absolute atomic E-state index is 0.0118. The van der Waals surface area contributed by atoms with Gasteiger partial charge >= 0.3 is 265 Å². The van der Waals surface area contributed by atoms with Crippen molar-refractivity contribution in [3.8, 4) is 0 Å². The van der Waals surface area contributed by atoms with Crippen LogP contribution in [0.2, 0.25) is 17.2 Å². The van der Waals surface area contributed by atoms with Crippen LogP contribution in [0.15, 0.2) is 60.7 Å². The van der Waals surface area contributed by atoms with Gasteiger partial charge in [0.05, 0.1) is 0 Å². The summed E-state index contributed by atoms with van der Waals surface area (Å²) < 4.78 is 11.6. The first-order valence-electron chi connectivity index (χ1n) is 17.5.